The van der Waals surface area contributed by atoms with Gasteiger partial charge >= 0.3 is 6.03 Å². The normalized spacial score (nSPS) is 16.9. The number of urea groups is 1. The number of aromatic nitrogens is 2. The molecular weight excluding hydrogens is 456 g/mol. The first kappa shape index (κ1) is 23.9. The number of hydrogen-bond acceptors (Lipinski definition) is 6. The van der Waals surface area contributed by atoms with E-state index in [1.807, 2.05) is 35.2 Å². The van der Waals surface area contributed by atoms with Crippen LogP contribution in [-0.2, 0) is 4.74 Å². The molecule has 3 amide bonds. The molecule has 2 aromatic carbocycles. The van der Waals surface area contributed by atoms with Crippen LogP contribution >= 0.6 is 0 Å². The Bertz CT molecular complexity index is 1110. The maximum atomic E-state index is 13.2. The molecule has 0 saturated carbocycles. The molecule has 5 rings (SSSR count). The predicted octanol–water partition coefficient (Wildman–Crippen LogP) is 3.78. The van der Waals surface area contributed by atoms with E-state index in [-0.39, 0.29) is 11.9 Å². The average Bonchev–Trinajstić information content (AvgIpc) is 2.95. The van der Waals surface area contributed by atoms with E-state index in [1.54, 1.807) is 36.7 Å². The molecular formula is C27H30N6O3. The third kappa shape index (κ3) is 5.53. The van der Waals surface area contributed by atoms with E-state index in [9.17, 15) is 9.59 Å². The van der Waals surface area contributed by atoms with Gasteiger partial charge in [-0.05, 0) is 49.2 Å². The summed E-state index contributed by atoms with van der Waals surface area (Å²) in [7, 11) is 0. The molecule has 0 radical (unpaired) electrons. The average molecular weight is 487 g/mol. The molecule has 9 nitrogen and oxygen atoms in total. The molecule has 0 bridgehead atoms. The number of morpholine rings is 1. The zero-order chi connectivity index (χ0) is 24.7. The summed E-state index contributed by atoms with van der Waals surface area (Å²) >= 11 is 0. The minimum atomic E-state index is -0.347. The molecule has 1 aromatic heterocycles. The lowest BCUT2D eigenvalue weighted by atomic mass is 10.0. The van der Waals surface area contributed by atoms with E-state index in [0.29, 0.717) is 28.7 Å². The molecule has 186 valence electrons. The van der Waals surface area contributed by atoms with Gasteiger partial charge in [0, 0.05) is 43.5 Å². The van der Waals surface area contributed by atoms with Crippen LogP contribution in [0.15, 0.2) is 73.3 Å². The monoisotopic (exact) mass is 486 g/mol. The van der Waals surface area contributed by atoms with Gasteiger partial charge in [-0.15, -0.1) is 0 Å². The van der Waals surface area contributed by atoms with Gasteiger partial charge in [0.2, 0.25) is 0 Å². The third-order valence-corrected chi connectivity index (χ3v) is 6.72. The maximum Gasteiger partial charge on any atom is 0.331 e. The van der Waals surface area contributed by atoms with Crippen LogP contribution in [0.5, 0.6) is 0 Å². The zero-order valence-corrected chi connectivity index (χ0v) is 20.1. The van der Waals surface area contributed by atoms with Crippen LogP contribution < -0.4 is 10.2 Å². The van der Waals surface area contributed by atoms with Gasteiger partial charge in [0.15, 0.2) is 0 Å². The fourth-order valence-corrected chi connectivity index (χ4v) is 4.80. The van der Waals surface area contributed by atoms with E-state index < -0.39 is 0 Å². The molecule has 0 aliphatic carbocycles. The van der Waals surface area contributed by atoms with Crippen molar-refractivity contribution >= 4 is 29.0 Å². The van der Waals surface area contributed by atoms with Gasteiger partial charge in [0.25, 0.3) is 5.91 Å². The first-order valence-corrected chi connectivity index (χ1v) is 12.3. The maximum absolute atomic E-state index is 13.2. The molecule has 0 unspecified atom stereocenters. The fraction of sp³-hybridized carbons (Fsp3) is 0.333. The number of anilines is 3. The minimum Gasteiger partial charge on any atom is -0.379 e. The number of rotatable bonds is 5. The Morgan fingerprint density at radius 1 is 0.861 bits per heavy atom. The SMILES string of the molecule is O=C(c1ccc(NC(=O)N(c2ccccc2)c2cncnc2)cc1)N1CCC(N2CCOCC2)CC1. The van der Waals surface area contributed by atoms with Crippen molar-refractivity contribution < 1.29 is 14.3 Å². The van der Waals surface area contributed by atoms with Crippen LogP contribution in [0.3, 0.4) is 0 Å². The van der Waals surface area contributed by atoms with E-state index >= 15 is 0 Å². The molecule has 2 aliphatic heterocycles. The number of nitrogens with zero attached hydrogens (tertiary/aromatic N) is 5. The molecule has 0 spiro atoms. The molecule has 9 heteroatoms. The van der Waals surface area contributed by atoms with E-state index in [0.717, 1.165) is 52.2 Å². The van der Waals surface area contributed by atoms with Gasteiger partial charge in [-0.2, -0.15) is 0 Å². The van der Waals surface area contributed by atoms with Crippen molar-refractivity contribution in [1.82, 2.24) is 19.8 Å². The number of carbonyl (C=O) groups excluding carboxylic acids is 2. The molecule has 2 fully saturated rings. The number of nitrogens with one attached hydrogen (secondary N) is 1. The summed E-state index contributed by atoms with van der Waals surface area (Å²) in [4.78, 5) is 40.3. The van der Waals surface area contributed by atoms with E-state index in [4.69, 9.17) is 4.74 Å². The first-order valence-electron chi connectivity index (χ1n) is 12.3. The van der Waals surface area contributed by atoms with Gasteiger partial charge in [0.1, 0.15) is 6.33 Å². The summed E-state index contributed by atoms with van der Waals surface area (Å²) in [5.74, 6) is 0.0284. The number of hydrogen-bond donors (Lipinski definition) is 1. The summed E-state index contributed by atoms with van der Waals surface area (Å²) in [6.45, 7) is 5.05. The second-order valence-electron chi connectivity index (χ2n) is 8.95. The van der Waals surface area contributed by atoms with E-state index in [1.165, 1.54) is 11.2 Å². The Labute approximate surface area is 210 Å². The summed E-state index contributed by atoms with van der Waals surface area (Å²) in [6, 6.07) is 16.5. The molecule has 0 atom stereocenters. The summed E-state index contributed by atoms with van der Waals surface area (Å²) in [6.07, 6.45) is 6.56. The van der Waals surface area contributed by atoms with Crippen LogP contribution in [0.4, 0.5) is 21.9 Å². The van der Waals surface area contributed by atoms with Crippen LogP contribution in [-0.4, -0.2) is 77.1 Å². The summed E-state index contributed by atoms with van der Waals surface area (Å²) in [5, 5.41) is 2.92. The smallest absolute Gasteiger partial charge is 0.331 e. The highest BCUT2D eigenvalue weighted by Crippen LogP contribution is 2.25. The van der Waals surface area contributed by atoms with E-state index in [2.05, 4.69) is 20.2 Å². The third-order valence-electron chi connectivity index (χ3n) is 6.72. The highest BCUT2D eigenvalue weighted by molar-refractivity contribution is 6.07. The van der Waals surface area contributed by atoms with Crippen molar-refractivity contribution in [2.75, 3.05) is 49.6 Å². The largest absolute Gasteiger partial charge is 0.379 e. The Morgan fingerprint density at radius 2 is 1.53 bits per heavy atom. The lowest BCUT2D eigenvalue weighted by Crippen LogP contribution is -2.50. The lowest BCUT2D eigenvalue weighted by Gasteiger charge is -2.40. The Hall–Kier alpha value is -3.82. The number of amides is 3. The molecule has 2 saturated heterocycles. The number of piperidine rings is 1. The topological polar surface area (TPSA) is 90.9 Å². The highest BCUT2D eigenvalue weighted by atomic mass is 16.5. The van der Waals surface area contributed by atoms with Crippen LogP contribution in [0, 0.1) is 0 Å². The van der Waals surface area contributed by atoms with Gasteiger partial charge in [-0.1, -0.05) is 18.2 Å². The van der Waals surface area contributed by atoms with Crippen molar-refractivity contribution in [3.8, 4) is 0 Å². The van der Waals surface area contributed by atoms with Gasteiger partial charge in [0.05, 0.1) is 37.0 Å². The highest BCUT2D eigenvalue weighted by Gasteiger charge is 2.28. The number of likely N-dealkylation sites (tertiary alicyclic amines) is 1. The Morgan fingerprint density at radius 3 is 2.19 bits per heavy atom. The number of para-hydroxylation sites is 1. The summed E-state index contributed by atoms with van der Waals surface area (Å²) in [5.41, 5.74) is 2.46. The van der Waals surface area contributed by atoms with Crippen molar-refractivity contribution in [3.05, 3.63) is 78.9 Å². The molecule has 2 aliphatic rings. The van der Waals surface area contributed by atoms with Crippen LogP contribution in [0.1, 0.15) is 23.2 Å². The van der Waals surface area contributed by atoms with Crippen LogP contribution in [0.2, 0.25) is 0 Å². The van der Waals surface area contributed by atoms with Crippen molar-refractivity contribution in [3.63, 3.8) is 0 Å². The summed E-state index contributed by atoms with van der Waals surface area (Å²) < 4.78 is 5.46. The molecule has 1 N–H and O–H groups in total. The number of ether oxygens (including phenoxy) is 1. The minimum absolute atomic E-state index is 0.0284. The van der Waals surface area contributed by atoms with Crippen molar-refractivity contribution in [1.29, 1.82) is 0 Å². The first-order chi connectivity index (χ1) is 17.7. The second-order valence-corrected chi connectivity index (χ2v) is 8.95. The van der Waals surface area contributed by atoms with Crippen LogP contribution in [0.25, 0.3) is 0 Å². The Kier molecular flexibility index (Phi) is 7.49. The van der Waals surface area contributed by atoms with Crippen molar-refractivity contribution in [2.45, 2.75) is 18.9 Å². The molecule has 3 heterocycles. The molecule has 3 aromatic rings. The Balaban J connectivity index is 1.21. The van der Waals surface area contributed by atoms with Gasteiger partial charge in [-0.25, -0.2) is 14.8 Å². The quantitative estimate of drug-likeness (QED) is 0.590. The predicted molar refractivity (Wildman–Crippen MR) is 137 cm³/mol. The second kappa shape index (κ2) is 11.3. The van der Waals surface area contributed by atoms with Gasteiger partial charge < -0.3 is 15.0 Å². The lowest BCUT2D eigenvalue weighted by molar-refractivity contribution is 0.00159. The number of benzene rings is 2. The van der Waals surface area contributed by atoms with Crippen molar-refractivity contribution in [2.24, 2.45) is 0 Å². The number of carbonyl (C=O) groups is 2. The zero-order valence-electron chi connectivity index (χ0n) is 20.1. The standard InChI is InChI=1S/C27H30N6O3/c34-26(32-12-10-23(11-13-32)31-14-16-36-17-15-31)21-6-8-22(9-7-21)30-27(35)33(24-4-2-1-3-5-24)25-18-28-20-29-19-25/h1-9,18-20,23H,10-17H2,(H,30,35). The van der Waals surface area contributed by atoms with Gasteiger partial charge in [-0.3, -0.25) is 14.6 Å². The fourth-order valence-electron chi connectivity index (χ4n) is 4.80. The molecule has 36 heavy (non-hydrogen) atoms.